The number of nitrogens with one attached hydrogen (secondary N) is 1. The second kappa shape index (κ2) is 7.65. The standard InChI is InChI=1S/C11H19N3O3/c1-8(14(2)3)9(6-12)11(15)13-7-10(16-4)17-5/h10H,7H2,1-5H3,(H,13,15). The normalized spacial score (nSPS) is 11.8. The van der Waals surface area contributed by atoms with Gasteiger partial charge in [-0.3, -0.25) is 4.79 Å². The SMILES string of the molecule is COC(CNC(=O)C(C#N)=C(C)N(C)C)OC. The van der Waals surface area contributed by atoms with Crippen molar-refractivity contribution in [3.8, 4) is 6.07 Å². The number of amides is 1. The second-order valence-corrected chi connectivity index (χ2v) is 3.58. The number of allylic oxidation sites excluding steroid dienone is 1. The van der Waals surface area contributed by atoms with Gasteiger partial charge >= 0.3 is 0 Å². The maximum atomic E-state index is 11.7. The summed E-state index contributed by atoms with van der Waals surface area (Å²) in [5, 5.41) is 11.5. The van der Waals surface area contributed by atoms with E-state index in [4.69, 9.17) is 14.7 Å². The molecule has 0 aromatic rings. The van der Waals surface area contributed by atoms with E-state index in [0.717, 1.165) is 0 Å². The summed E-state index contributed by atoms with van der Waals surface area (Å²) in [5.74, 6) is -0.433. The third-order valence-electron chi connectivity index (χ3n) is 2.33. The fraction of sp³-hybridized carbons (Fsp3) is 0.636. The van der Waals surface area contributed by atoms with Gasteiger partial charge in [-0.1, -0.05) is 0 Å². The molecule has 0 fully saturated rings. The van der Waals surface area contributed by atoms with Gasteiger partial charge in [0, 0.05) is 34.0 Å². The Morgan fingerprint density at radius 3 is 2.29 bits per heavy atom. The van der Waals surface area contributed by atoms with Crippen molar-refractivity contribution >= 4 is 5.91 Å². The second-order valence-electron chi connectivity index (χ2n) is 3.58. The van der Waals surface area contributed by atoms with Crippen LogP contribution in [0, 0.1) is 11.3 Å². The predicted octanol–water partition coefficient (Wildman–Crippen LogP) is 0.0807. The Labute approximate surface area is 102 Å². The number of methoxy groups -OCH3 is 2. The molecular formula is C11H19N3O3. The quantitative estimate of drug-likeness (QED) is 0.405. The van der Waals surface area contributed by atoms with Crippen LogP contribution in [-0.4, -0.2) is 52.0 Å². The number of carbonyl (C=O) groups excluding carboxylic acids is 1. The van der Waals surface area contributed by atoms with E-state index in [0.29, 0.717) is 5.70 Å². The van der Waals surface area contributed by atoms with Crippen LogP contribution in [0.5, 0.6) is 0 Å². The van der Waals surface area contributed by atoms with Gasteiger partial charge in [0.25, 0.3) is 5.91 Å². The van der Waals surface area contributed by atoms with Gasteiger partial charge in [0.05, 0.1) is 6.54 Å². The lowest BCUT2D eigenvalue weighted by molar-refractivity contribution is -0.124. The summed E-state index contributed by atoms with van der Waals surface area (Å²) in [7, 11) is 6.50. The number of hydrogen-bond acceptors (Lipinski definition) is 5. The number of hydrogen-bond donors (Lipinski definition) is 1. The molecule has 0 aromatic heterocycles. The highest BCUT2D eigenvalue weighted by atomic mass is 16.7. The van der Waals surface area contributed by atoms with Gasteiger partial charge in [-0.2, -0.15) is 5.26 Å². The van der Waals surface area contributed by atoms with Crippen LogP contribution in [0.1, 0.15) is 6.92 Å². The van der Waals surface area contributed by atoms with Gasteiger partial charge in [-0.15, -0.1) is 0 Å². The lowest BCUT2D eigenvalue weighted by atomic mass is 10.2. The van der Waals surface area contributed by atoms with Crippen molar-refractivity contribution in [1.82, 2.24) is 10.2 Å². The molecule has 6 heteroatoms. The average molecular weight is 241 g/mol. The Morgan fingerprint density at radius 1 is 1.41 bits per heavy atom. The molecule has 1 amide bonds. The van der Waals surface area contributed by atoms with Gasteiger partial charge in [-0.05, 0) is 6.92 Å². The zero-order chi connectivity index (χ0) is 13.4. The van der Waals surface area contributed by atoms with E-state index in [2.05, 4.69) is 5.32 Å². The molecule has 0 aromatic carbocycles. The van der Waals surface area contributed by atoms with Crippen LogP contribution in [-0.2, 0) is 14.3 Å². The van der Waals surface area contributed by atoms with Gasteiger partial charge in [-0.25, -0.2) is 0 Å². The fourth-order valence-corrected chi connectivity index (χ4v) is 1.05. The number of nitriles is 1. The van der Waals surface area contributed by atoms with E-state index in [9.17, 15) is 4.79 Å². The van der Waals surface area contributed by atoms with Gasteiger partial charge in [0.1, 0.15) is 11.6 Å². The summed E-state index contributed by atoms with van der Waals surface area (Å²) >= 11 is 0. The van der Waals surface area contributed by atoms with E-state index in [-0.39, 0.29) is 12.1 Å². The molecule has 0 rings (SSSR count). The van der Waals surface area contributed by atoms with Crippen LogP contribution >= 0.6 is 0 Å². The molecule has 0 atom stereocenters. The molecule has 0 saturated carbocycles. The highest BCUT2D eigenvalue weighted by molar-refractivity contribution is 5.97. The first-order valence-corrected chi connectivity index (χ1v) is 5.10. The Balaban J connectivity index is 4.60. The Bertz CT molecular complexity index is 327. The van der Waals surface area contributed by atoms with Crippen LogP contribution in [0.3, 0.4) is 0 Å². The van der Waals surface area contributed by atoms with E-state index in [1.165, 1.54) is 14.2 Å². The molecule has 17 heavy (non-hydrogen) atoms. The van der Waals surface area contributed by atoms with Gasteiger partial charge in [0.2, 0.25) is 0 Å². The molecule has 0 heterocycles. The lowest BCUT2D eigenvalue weighted by Crippen LogP contribution is -2.35. The summed E-state index contributed by atoms with van der Waals surface area (Å²) in [4.78, 5) is 13.4. The summed E-state index contributed by atoms with van der Waals surface area (Å²) < 4.78 is 9.85. The summed E-state index contributed by atoms with van der Waals surface area (Å²) in [6.45, 7) is 1.90. The first-order chi connectivity index (χ1) is 7.97. The van der Waals surface area contributed by atoms with Crippen molar-refractivity contribution < 1.29 is 14.3 Å². The van der Waals surface area contributed by atoms with E-state index in [1.54, 1.807) is 25.9 Å². The molecule has 1 N–H and O–H groups in total. The van der Waals surface area contributed by atoms with Gasteiger partial charge < -0.3 is 19.7 Å². The van der Waals surface area contributed by atoms with Crippen LogP contribution < -0.4 is 5.32 Å². The van der Waals surface area contributed by atoms with Crippen molar-refractivity contribution in [2.24, 2.45) is 0 Å². The average Bonchev–Trinajstić information content (AvgIpc) is 2.31. The summed E-state index contributed by atoms with van der Waals surface area (Å²) in [6, 6.07) is 1.89. The molecular weight excluding hydrogens is 222 g/mol. The first-order valence-electron chi connectivity index (χ1n) is 5.10. The number of carbonyl (C=O) groups is 1. The van der Waals surface area contributed by atoms with E-state index < -0.39 is 12.2 Å². The zero-order valence-corrected chi connectivity index (χ0v) is 10.9. The first kappa shape index (κ1) is 15.4. The predicted molar refractivity (Wildman–Crippen MR) is 62.8 cm³/mol. The molecule has 96 valence electrons. The Kier molecular flexibility index (Phi) is 6.94. The van der Waals surface area contributed by atoms with Crippen molar-refractivity contribution in [2.75, 3.05) is 34.9 Å². The minimum absolute atomic E-state index is 0.0842. The smallest absolute Gasteiger partial charge is 0.263 e. The maximum Gasteiger partial charge on any atom is 0.263 e. The Morgan fingerprint density at radius 2 is 1.94 bits per heavy atom. The molecule has 0 radical (unpaired) electrons. The van der Waals surface area contributed by atoms with Crippen LogP contribution in [0.4, 0.5) is 0 Å². The highest BCUT2D eigenvalue weighted by Gasteiger charge is 2.15. The number of nitrogens with zero attached hydrogens (tertiary/aromatic N) is 2. The van der Waals surface area contributed by atoms with Crippen LogP contribution in [0.25, 0.3) is 0 Å². The molecule has 0 unspecified atom stereocenters. The molecule has 0 saturated heterocycles. The zero-order valence-electron chi connectivity index (χ0n) is 10.9. The largest absolute Gasteiger partial charge is 0.380 e. The molecule has 0 bridgehead atoms. The van der Waals surface area contributed by atoms with E-state index >= 15 is 0 Å². The molecule has 0 aliphatic carbocycles. The maximum absolute atomic E-state index is 11.7. The van der Waals surface area contributed by atoms with E-state index in [1.807, 2.05) is 6.07 Å². The Hall–Kier alpha value is -1.58. The minimum atomic E-state index is -0.515. The topological polar surface area (TPSA) is 74.6 Å². The summed E-state index contributed by atoms with van der Waals surface area (Å²) in [6.07, 6.45) is -0.515. The molecule has 0 aliphatic heterocycles. The van der Waals surface area contributed by atoms with Crippen molar-refractivity contribution in [2.45, 2.75) is 13.2 Å². The van der Waals surface area contributed by atoms with Crippen molar-refractivity contribution in [1.29, 1.82) is 5.26 Å². The fourth-order valence-electron chi connectivity index (χ4n) is 1.05. The number of ether oxygens (including phenoxy) is 2. The molecule has 0 aliphatic rings. The van der Waals surface area contributed by atoms with Gasteiger partial charge in [0.15, 0.2) is 6.29 Å². The summed E-state index contributed by atoms with van der Waals surface area (Å²) in [5.41, 5.74) is 0.692. The van der Waals surface area contributed by atoms with Crippen LogP contribution in [0.2, 0.25) is 0 Å². The lowest BCUT2D eigenvalue weighted by Gasteiger charge is -2.16. The third kappa shape index (κ3) is 4.85. The van der Waals surface area contributed by atoms with Crippen molar-refractivity contribution in [3.63, 3.8) is 0 Å². The third-order valence-corrected chi connectivity index (χ3v) is 2.33. The highest BCUT2D eigenvalue weighted by Crippen LogP contribution is 2.05. The number of rotatable bonds is 6. The monoisotopic (exact) mass is 241 g/mol. The molecule has 6 nitrogen and oxygen atoms in total. The molecule has 0 spiro atoms. The van der Waals surface area contributed by atoms with Crippen molar-refractivity contribution in [3.05, 3.63) is 11.3 Å². The minimum Gasteiger partial charge on any atom is -0.380 e. The van der Waals surface area contributed by atoms with Crippen LogP contribution in [0.15, 0.2) is 11.3 Å².